The summed E-state index contributed by atoms with van der Waals surface area (Å²) in [5.41, 5.74) is 5.41. The zero-order valence-corrected chi connectivity index (χ0v) is 18.9. The first-order chi connectivity index (χ1) is 14.6. The molecule has 5 atom stereocenters. The highest BCUT2D eigenvalue weighted by atomic mass is 16.7. The summed E-state index contributed by atoms with van der Waals surface area (Å²) >= 11 is 0. The second-order valence-corrected chi connectivity index (χ2v) is 7.76. The van der Waals surface area contributed by atoms with Gasteiger partial charge in [0.25, 0.3) is 0 Å². The molecule has 10 nitrogen and oxygen atoms in total. The van der Waals surface area contributed by atoms with E-state index < -0.39 is 36.5 Å². The van der Waals surface area contributed by atoms with Gasteiger partial charge in [0, 0.05) is 46.1 Å². The fourth-order valence-corrected chi connectivity index (χ4v) is 3.41. The predicted molar refractivity (Wildman–Crippen MR) is 111 cm³/mol. The Bertz CT molecular complexity index is 612. The van der Waals surface area contributed by atoms with Crippen LogP contribution in [0.25, 0.3) is 0 Å². The van der Waals surface area contributed by atoms with Crippen LogP contribution in [-0.2, 0) is 38.1 Å². The van der Waals surface area contributed by atoms with Crippen molar-refractivity contribution in [2.45, 2.75) is 84.3 Å². The molecule has 0 aromatic heterocycles. The summed E-state index contributed by atoms with van der Waals surface area (Å²) in [6.45, 7) is 6.47. The topological polar surface area (TPSA) is 143 Å². The van der Waals surface area contributed by atoms with Gasteiger partial charge in [0.15, 0.2) is 6.29 Å². The molecule has 1 saturated heterocycles. The van der Waals surface area contributed by atoms with Crippen molar-refractivity contribution in [1.82, 2.24) is 5.32 Å². The molecule has 0 unspecified atom stereocenters. The van der Waals surface area contributed by atoms with Crippen LogP contribution >= 0.6 is 0 Å². The zero-order valence-electron chi connectivity index (χ0n) is 18.9. The highest BCUT2D eigenvalue weighted by molar-refractivity contribution is 5.78. The molecule has 3 N–H and O–H groups in total. The molecule has 0 aromatic carbocycles. The fourth-order valence-electron chi connectivity index (χ4n) is 3.41. The molecule has 1 aliphatic heterocycles. The SMILES string of the molecule is CC(=O)N[C@H]1[C@H](OCCCCC(=O)CCCN)O[C@H](COC(C)=O)[C@H](C)[C@@H]1OC(C)=O. The molecule has 31 heavy (non-hydrogen) atoms. The first kappa shape index (κ1) is 27.0. The number of esters is 2. The van der Waals surface area contributed by atoms with Crippen LogP contribution in [0.1, 0.15) is 59.8 Å². The average Bonchev–Trinajstić information content (AvgIpc) is 2.68. The largest absolute Gasteiger partial charge is 0.463 e. The van der Waals surface area contributed by atoms with E-state index in [1.54, 1.807) is 6.92 Å². The molecule has 0 radical (unpaired) electrons. The van der Waals surface area contributed by atoms with Gasteiger partial charge in [-0.15, -0.1) is 0 Å². The summed E-state index contributed by atoms with van der Waals surface area (Å²) in [5.74, 6) is -1.48. The van der Waals surface area contributed by atoms with E-state index >= 15 is 0 Å². The number of nitrogens with one attached hydrogen (secondary N) is 1. The number of amides is 1. The molecule has 1 heterocycles. The quantitative estimate of drug-likeness (QED) is 0.312. The highest BCUT2D eigenvalue weighted by Gasteiger charge is 2.47. The third-order valence-electron chi connectivity index (χ3n) is 4.98. The van der Waals surface area contributed by atoms with Crippen LogP contribution in [0.3, 0.4) is 0 Å². The monoisotopic (exact) mass is 444 g/mol. The van der Waals surface area contributed by atoms with E-state index in [-0.39, 0.29) is 30.8 Å². The Morgan fingerprint density at radius 1 is 1.00 bits per heavy atom. The lowest BCUT2D eigenvalue weighted by molar-refractivity contribution is -0.260. The van der Waals surface area contributed by atoms with Gasteiger partial charge in [-0.05, 0) is 25.8 Å². The number of ether oxygens (including phenoxy) is 4. The molecule has 0 saturated carbocycles. The lowest BCUT2D eigenvalue weighted by Crippen LogP contribution is -2.63. The van der Waals surface area contributed by atoms with Gasteiger partial charge in [0.2, 0.25) is 5.91 Å². The summed E-state index contributed by atoms with van der Waals surface area (Å²) in [6.07, 6.45) is 0.672. The fraction of sp³-hybridized carbons (Fsp3) is 0.810. The van der Waals surface area contributed by atoms with Gasteiger partial charge >= 0.3 is 11.9 Å². The molecule has 1 rings (SSSR count). The second-order valence-electron chi connectivity index (χ2n) is 7.76. The Hall–Kier alpha value is -2.04. The van der Waals surface area contributed by atoms with Crippen LogP contribution in [0.15, 0.2) is 0 Å². The maximum atomic E-state index is 11.8. The predicted octanol–water partition coefficient (Wildman–Crippen LogP) is 0.842. The van der Waals surface area contributed by atoms with Crippen LogP contribution in [0.4, 0.5) is 0 Å². The first-order valence-electron chi connectivity index (χ1n) is 10.7. The van der Waals surface area contributed by atoms with Crippen molar-refractivity contribution in [1.29, 1.82) is 0 Å². The Labute approximate surface area is 183 Å². The standard InChI is InChI=1S/C21H36N2O8/c1-13-18(12-29-15(3)25)31-21(19(23-14(2)24)20(13)30-16(4)26)28-11-6-5-8-17(27)9-7-10-22/h13,18-21H,5-12,22H2,1-4H3,(H,23,24)/t13-,18+,19+,20-,21+/m0/s1. The van der Waals surface area contributed by atoms with Crippen molar-refractivity contribution in [2.24, 2.45) is 11.7 Å². The van der Waals surface area contributed by atoms with Crippen molar-refractivity contribution < 1.29 is 38.1 Å². The maximum absolute atomic E-state index is 11.8. The lowest BCUT2D eigenvalue weighted by Gasteiger charge is -2.44. The molecular formula is C21H36N2O8. The molecular weight excluding hydrogens is 408 g/mol. The third-order valence-corrected chi connectivity index (χ3v) is 4.98. The Morgan fingerprint density at radius 3 is 2.26 bits per heavy atom. The molecule has 0 aliphatic carbocycles. The van der Waals surface area contributed by atoms with Crippen LogP contribution in [0.5, 0.6) is 0 Å². The van der Waals surface area contributed by atoms with E-state index in [1.165, 1.54) is 20.8 Å². The Morgan fingerprint density at radius 2 is 1.68 bits per heavy atom. The minimum atomic E-state index is -0.905. The summed E-state index contributed by atoms with van der Waals surface area (Å²) in [6, 6.07) is -0.726. The molecule has 0 spiro atoms. The van der Waals surface area contributed by atoms with Crippen LogP contribution in [-0.4, -0.2) is 67.9 Å². The number of rotatable bonds is 13. The van der Waals surface area contributed by atoms with Crippen LogP contribution in [0, 0.1) is 5.92 Å². The number of hydrogen-bond acceptors (Lipinski definition) is 9. The van der Waals surface area contributed by atoms with Gasteiger partial charge in [0.05, 0.1) is 0 Å². The summed E-state index contributed by atoms with van der Waals surface area (Å²) in [5, 5.41) is 2.75. The number of hydrogen-bond donors (Lipinski definition) is 2. The minimum Gasteiger partial charge on any atom is -0.463 e. The van der Waals surface area contributed by atoms with Crippen LogP contribution in [0.2, 0.25) is 0 Å². The molecule has 1 aliphatic rings. The van der Waals surface area contributed by atoms with E-state index in [0.717, 1.165) is 0 Å². The first-order valence-corrected chi connectivity index (χ1v) is 10.7. The van der Waals surface area contributed by atoms with Gasteiger partial charge in [-0.3, -0.25) is 19.2 Å². The summed E-state index contributed by atoms with van der Waals surface area (Å²) in [7, 11) is 0. The smallest absolute Gasteiger partial charge is 0.302 e. The Kier molecular flexibility index (Phi) is 12.3. The van der Waals surface area contributed by atoms with Crippen molar-refractivity contribution in [3.05, 3.63) is 0 Å². The summed E-state index contributed by atoms with van der Waals surface area (Å²) in [4.78, 5) is 46.4. The number of Topliss-reactive ketones (excluding diaryl/α,β-unsaturated/α-hetero) is 1. The van der Waals surface area contributed by atoms with Gasteiger partial charge in [-0.2, -0.15) is 0 Å². The van der Waals surface area contributed by atoms with Gasteiger partial charge in [-0.25, -0.2) is 0 Å². The van der Waals surface area contributed by atoms with E-state index in [2.05, 4.69) is 5.32 Å². The number of nitrogens with two attached hydrogens (primary N) is 1. The van der Waals surface area contributed by atoms with Crippen molar-refractivity contribution in [3.8, 4) is 0 Å². The lowest BCUT2D eigenvalue weighted by atomic mass is 9.89. The van der Waals surface area contributed by atoms with E-state index in [4.69, 9.17) is 24.7 Å². The molecule has 0 bridgehead atoms. The average molecular weight is 445 g/mol. The van der Waals surface area contributed by atoms with Crippen LogP contribution < -0.4 is 11.1 Å². The van der Waals surface area contributed by atoms with Gasteiger partial charge in [0.1, 0.15) is 30.6 Å². The number of ketones is 1. The molecule has 1 amide bonds. The normalized spacial score (nSPS) is 25.5. The number of carbonyl (C=O) groups is 4. The second kappa shape index (κ2) is 14.1. The van der Waals surface area contributed by atoms with E-state index in [9.17, 15) is 19.2 Å². The number of unbranched alkanes of at least 4 members (excludes halogenated alkanes) is 1. The minimum absolute atomic E-state index is 0.0312. The van der Waals surface area contributed by atoms with Gasteiger partial charge in [-0.1, -0.05) is 6.92 Å². The van der Waals surface area contributed by atoms with Crippen molar-refractivity contribution in [2.75, 3.05) is 19.8 Å². The van der Waals surface area contributed by atoms with Crippen molar-refractivity contribution >= 4 is 23.6 Å². The van der Waals surface area contributed by atoms with E-state index in [1.807, 2.05) is 0 Å². The molecule has 178 valence electrons. The van der Waals surface area contributed by atoms with E-state index in [0.29, 0.717) is 38.6 Å². The van der Waals surface area contributed by atoms with Crippen molar-refractivity contribution in [3.63, 3.8) is 0 Å². The molecule has 0 aromatic rings. The molecule has 10 heteroatoms. The number of carbonyl (C=O) groups excluding carboxylic acids is 4. The highest BCUT2D eigenvalue weighted by Crippen LogP contribution is 2.30. The summed E-state index contributed by atoms with van der Waals surface area (Å²) < 4.78 is 22.4. The third kappa shape index (κ3) is 10.2. The Balaban J connectivity index is 2.77. The van der Waals surface area contributed by atoms with Gasteiger partial charge < -0.3 is 30.0 Å². The molecule has 1 fully saturated rings. The zero-order chi connectivity index (χ0) is 23.4. The maximum Gasteiger partial charge on any atom is 0.302 e.